The molecule has 1 aromatic carbocycles. The molecule has 1 rings (SSSR count). The Labute approximate surface area is 203 Å². The first-order chi connectivity index (χ1) is 16.2. The fourth-order valence-electron chi connectivity index (χ4n) is 3.07. The molecule has 8 N–H and O–H groups in total. The Hall–Kier alpha value is -3.67. The number of rotatable bonds is 13. The van der Waals surface area contributed by atoms with E-state index in [-0.39, 0.29) is 24.0 Å². The van der Waals surface area contributed by atoms with Gasteiger partial charge in [0.2, 0.25) is 17.7 Å². The number of carbonyl (C=O) groups excluding carboxylic acids is 3. The van der Waals surface area contributed by atoms with Crippen molar-refractivity contribution in [3.05, 3.63) is 29.8 Å². The van der Waals surface area contributed by atoms with Crippen LogP contribution in [0.4, 0.5) is 0 Å². The highest BCUT2D eigenvalue weighted by Gasteiger charge is 2.32. The molecular formula is C23H34N4O8. The first-order valence-corrected chi connectivity index (χ1v) is 11.1. The molecule has 194 valence electrons. The topological polar surface area (TPSA) is 208 Å². The van der Waals surface area contributed by atoms with Gasteiger partial charge in [-0.05, 0) is 29.5 Å². The lowest BCUT2D eigenvalue weighted by Gasteiger charge is -2.27. The zero-order valence-electron chi connectivity index (χ0n) is 20.1. The Bertz CT molecular complexity index is 917. The zero-order chi connectivity index (χ0) is 26.9. The van der Waals surface area contributed by atoms with E-state index in [1.54, 1.807) is 27.7 Å². The zero-order valence-corrected chi connectivity index (χ0v) is 20.1. The summed E-state index contributed by atoms with van der Waals surface area (Å²) < 4.78 is 0. The van der Waals surface area contributed by atoms with Crippen LogP contribution in [0.3, 0.4) is 0 Å². The highest BCUT2D eigenvalue weighted by molar-refractivity contribution is 5.95. The van der Waals surface area contributed by atoms with Crippen LogP contribution in [0.1, 0.15) is 39.7 Å². The summed E-state index contributed by atoms with van der Waals surface area (Å²) in [5.74, 6) is -5.72. The van der Waals surface area contributed by atoms with Gasteiger partial charge in [-0.2, -0.15) is 0 Å². The second-order valence-electron chi connectivity index (χ2n) is 8.93. The average molecular weight is 495 g/mol. The summed E-state index contributed by atoms with van der Waals surface area (Å²) in [5, 5.41) is 34.9. The number of carboxylic acids is 2. The van der Waals surface area contributed by atoms with Gasteiger partial charge in [-0.25, -0.2) is 4.79 Å². The summed E-state index contributed by atoms with van der Waals surface area (Å²) in [7, 11) is 0. The number of aromatic hydroxyl groups is 1. The van der Waals surface area contributed by atoms with Crippen LogP contribution in [0, 0.1) is 11.8 Å². The van der Waals surface area contributed by atoms with Gasteiger partial charge in [0.25, 0.3) is 0 Å². The summed E-state index contributed by atoms with van der Waals surface area (Å²) in [4.78, 5) is 60.8. The fraction of sp³-hybridized carbons (Fsp3) is 0.522. The molecule has 0 radical (unpaired) electrons. The van der Waals surface area contributed by atoms with Crippen molar-refractivity contribution in [2.24, 2.45) is 17.6 Å². The minimum absolute atomic E-state index is 0.0183. The van der Waals surface area contributed by atoms with Gasteiger partial charge in [-0.15, -0.1) is 0 Å². The lowest BCUT2D eigenvalue weighted by Crippen LogP contribution is -2.59. The number of nitrogens with two attached hydrogens (primary N) is 1. The number of aliphatic carboxylic acids is 2. The molecule has 12 heteroatoms. The minimum atomic E-state index is -1.72. The highest BCUT2D eigenvalue weighted by Crippen LogP contribution is 2.13. The maximum absolute atomic E-state index is 13.1. The van der Waals surface area contributed by atoms with Crippen molar-refractivity contribution < 1.29 is 39.3 Å². The number of carboxylic acid groups (broad SMARTS) is 2. The molecule has 1 aromatic rings. The maximum Gasteiger partial charge on any atom is 0.326 e. The highest BCUT2D eigenvalue weighted by atomic mass is 16.4. The molecule has 0 heterocycles. The third kappa shape index (κ3) is 9.61. The normalized spacial score (nSPS) is 14.5. The number of hydrogen-bond acceptors (Lipinski definition) is 7. The van der Waals surface area contributed by atoms with Crippen LogP contribution in [-0.2, 0) is 30.4 Å². The van der Waals surface area contributed by atoms with Gasteiger partial charge in [0, 0.05) is 6.42 Å². The molecule has 0 aromatic heterocycles. The van der Waals surface area contributed by atoms with Crippen LogP contribution in [0.25, 0.3) is 0 Å². The molecule has 4 atom stereocenters. The van der Waals surface area contributed by atoms with Crippen molar-refractivity contribution in [3.8, 4) is 5.75 Å². The largest absolute Gasteiger partial charge is 0.508 e. The van der Waals surface area contributed by atoms with Gasteiger partial charge in [0.15, 0.2) is 0 Å². The number of benzene rings is 1. The van der Waals surface area contributed by atoms with Gasteiger partial charge >= 0.3 is 11.9 Å². The second-order valence-corrected chi connectivity index (χ2v) is 8.93. The molecule has 0 saturated heterocycles. The number of phenolic OH excluding ortho intramolecular Hbond substituents is 1. The summed E-state index contributed by atoms with van der Waals surface area (Å²) in [6.07, 6.45) is -0.958. The predicted octanol–water partition coefficient (Wildman–Crippen LogP) is -0.412. The molecule has 0 spiro atoms. The van der Waals surface area contributed by atoms with Crippen LogP contribution < -0.4 is 21.7 Å². The van der Waals surface area contributed by atoms with Crippen molar-refractivity contribution >= 4 is 29.7 Å². The van der Waals surface area contributed by atoms with Crippen molar-refractivity contribution in [2.75, 3.05) is 0 Å². The molecule has 0 aliphatic rings. The van der Waals surface area contributed by atoms with Gasteiger partial charge in [0.1, 0.15) is 23.9 Å². The summed E-state index contributed by atoms with van der Waals surface area (Å²) >= 11 is 0. The van der Waals surface area contributed by atoms with Crippen molar-refractivity contribution in [3.63, 3.8) is 0 Å². The van der Waals surface area contributed by atoms with Gasteiger partial charge in [-0.1, -0.05) is 39.8 Å². The van der Waals surface area contributed by atoms with E-state index in [4.69, 9.17) is 10.8 Å². The molecule has 0 bridgehead atoms. The summed E-state index contributed by atoms with van der Waals surface area (Å²) in [6.45, 7) is 6.88. The SMILES string of the molecule is CC(C)C(N)C(=O)NC(C(=O)NC(Cc1ccc(O)cc1)C(=O)NC(CC(=O)O)C(=O)O)C(C)C. The number of carbonyl (C=O) groups is 5. The van der Waals surface area contributed by atoms with E-state index < -0.39 is 60.2 Å². The Morgan fingerprint density at radius 1 is 0.800 bits per heavy atom. The molecule has 0 saturated carbocycles. The summed E-state index contributed by atoms with van der Waals surface area (Å²) in [5.41, 5.74) is 6.39. The third-order valence-corrected chi connectivity index (χ3v) is 5.27. The monoisotopic (exact) mass is 494 g/mol. The van der Waals surface area contributed by atoms with E-state index in [1.165, 1.54) is 24.3 Å². The molecule has 0 aliphatic heterocycles. The maximum atomic E-state index is 13.1. The Morgan fingerprint density at radius 3 is 1.80 bits per heavy atom. The average Bonchev–Trinajstić information content (AvgIpc) is 2.76. The van der Waals surface area contributed by atoms with E-state index in [1.807, 2.05) is 0 Å². The minimum Gasteiger partial charge on any atom is -0.508 e. The van der Waals surface area contributed by atoms with Crippen LogP contribution in [0.5, 0.6) is 5.75 Å². The predicted molar refractivity (Wildman–Crippen MR) is 125 cm³/mol. The molecule has 0 fully saturated rings. The summed E-state index contributed by atoms with van der Waals surface area (Å²) in [6, 6.07) is 0.851. The van der Waals surface area contributed by atoms with E-state index in [9.17, 15) is 34.2 Å². The first-order valence-electron chi connectivity index (χ1n) is 11.1. The van der Waals surface area contributed by atoms with Crippen LogP contribution >= 0.6 is 0 Å². The van der Waals surface area contributed by atoms with Gasteiger partial charge in [0.05, 0.1) is 12.5 Å². The van der Waals surface area contributed by atoms with Crippen LogP contribution in [-0.4, -0.2) is 69.1 Å². The van der Waals surface area contributed by atoms with Crippen LogP contribution in [0.15, 0.2) is 24.3 Å². The van der Waals surface area contributed by atoms with Gasteiger partial charge < -0.3 is 37.0 Å². The van der Waals surface area contributed by atoms with E-state index in [0.717, 1.165) is 0 Å². The Kier molecular flexibility index (Phi) is 11.1. The fourth-order valence-corrected chi connectivity index (χ4v) is 3.07. The van der Waals surface area contributed by atoms with E-state index in [2.05, 4.69) is 16.0 Å². The molecule has 12 nitrogen and oxygen atoms in total. The smallest absolute Gasteiger partial charge is 0.326 e. The lowest BCUT2D eigenvalue weighted by atomic mass is 9.99. The standard InChI is InChI=1S/C23H34N4O8/c1-11(2)18(24)21(32)27-19(12(3)4)22(33)25-15(9-13-5-7-14(28)8-6-13)20(31)26-16(23(34)35)10-17(29)30/h5-8,11-12,15-16,18-19,28H,9-10,24H2,1-4H3,(H,25,33)(H,26,31)(H,27,32)(H,29,30)(H,34,35). The molecule has 35 heavy (non-hydrogen) atoms. The number of amides is 3. The number of nitrogens with one attached hydrogen (secondary N) is 3. The van der Waals surface area contributed by atoms with Crippen molar-refractivity contribution in [2.45, 2.75) is 64.7 Å². The Morgan fingerprint density at radius 2 is 1.34 bits per heavy atom. The molecular weight excluding hydrogens is 460 g/mol. The number of hydrogen-bond donors (Lipinski definition) is 7. The molecule has 3 amide bonds. The molecule has 4 unspecified atom stereocenters. The van der Waals surface area contributed by atoms with E-state index in [0.29, 0.717) is 5.56 Å². The quantitative estimate of drug-likeness (QED) is 0.190. The first kappa shape index (κ1) is 29.4. The van der Waals surface area contributed by atoms with Gasteiger partial charge in [-0.3, -0.25) is 19.2 Å². The van der Waals surface area contributed by atoms with E-state index >= 15 is 0 Å². The second kappa shape index (κ2) is 13.3. The number of phenols is 1. The molecule has 0 aliphatic carbocycles. The Balaban J connectivity index is 3.16. The van der Waals surface area contributed by atoms with Crippen molar-refractivity contribution in [1.29, 1.82) is 0 Å². The van der Waals surface area contributed by atoms with Crippen LogP contribution in [0.2, 0.25) is 0 Å². The third-order valence-electron chi connectivity index (χ3n) is 5.27. The van der Waals surface area contributed by atoms with Crippen molar-refractivity contribution in [1.82, 2.24) is 16.0 Å². The lowest BCUT2D eigenvalue weighted by molar-refractivity contribution is -0.147.